The summed E-state index contributed by atoms with van der Waals surface area (Å²) in [5.41, 5.74) is 2.65. The highest BCUT2D eigenvalue weighted by Gasteiger charge is 2.16. The maximum atomic E-state index is 9.42. The first kappa shape index (κ1) is 15.2. The van der Waals surface area contributed by atoms with Crippen molar-refractivity contribution in [1.82, 2.24) is 5.32 Å². The van der Waals surface area contributed by atoms with Gasteiger partial charge in [-0.3, -0.25) is 0 Å². The lowest BCUT2D eigenvalue weighted by atomic mass is 9.98. The van der Waals surface area contributed by atoms with Gasteiger partial charge in [0.2, 0.25) is 0 Å². The van der Waals surface area contributed by atoms with Crippen LogP contribution in [0.1, 0.15) is 38.3 Å². The lowest BCUT2D eigenvalue weighted by molar-refractivity contribution is 0.192. The van der Waals surface area contributed by atoms with Crippen LogP contribution in [0.3, 0.4) is 0 Å². The molecule has 0 aliphatic heterocycles. The summed E-state index contributed by atoms with van der Waals surface area (Å²) in [6.07, 6.45) is 2.10. The summed E-state index contributed by atoms with van der Waals surface area (Å²) in [6, 6.07) is 9.27. The Labute approximate surface area is 111 Å². The monoisotopic (exact) mass is 249 g/mol. The maximum Gasteiger partial charge on any atom is 0.0587 e. The van der Waals surface area contributed by atoms with Gasteiger partial charge in [-0.25, -0.2) is 0 Å². The Morgan fingerprint density at radius 2 is 1.78 bits per heavy atom. The Balaban J connectivity index is 2.49. The van der Waals surface area contributed by atoms with E-state index in [1.54, 1.807) is 0 Å². The van der Waals surface area contributed by atoms with E-state index in [1.165, 1.54) is 11.1 Å². The number of hydrogen-bond acceptors (Lipinski definition) is 2. The summed E-state index contributed by atoms with van der Waals surface area (Å²) in [5.74, 6) is 0.510. The molecule has 18 heavy (non-hydrogen) atoms. The molecule has 0 aliphatic carbocycles. The fourth-order valence-corrected chi connectivity index (χ4v) is 2.18. The highest BCUT2D eigenvalue weighted by molar-refractivity contribution is 5.21. The highest BCUT2D eigenvalue weighted by atomic mass is 16.3. The van der Waals surface area contributed by atoms with Gasteiger partial charge in [0.1, 0.15) is 0 Å². The Hall–Kier alpha value is -0.860. The summed E-state index contributed by atoms with van der Waals surface area (Å²) in [5, 5.41) is 12.9. The van der Waals surface area contributed by atoms with Gasteiger partial charge in [-0.1, -0.05) is 50.1 Å². The van der Waals surface area contributed by atoms with Gasteiger partial charge in [0.05, 0.1) is 6.61 Å². The van der Waals surface area contributed by atoms with Crippen molar-refractivity contribution in [2.45, 2.75) is 52.6 Å². The summed E-state index contributed by atoms with van der Waals surface area (Å²) in [6.45, 7) is 8.86. The second kappa shape index (κ2) is 7.55. The Kier molecular flexibility index (Phi) is 6.37. The van der Waals surface area contributed by atoms with Crippen LogP contribution in [0.5, 0.6) is 0 Å². The molecule has 0 heterocycles. The highest BCUT2D eigenvalue weighted by Crippen LogP contribution is 2.10. The molecular formula is C16H27NO. The van der Waals surface area contributed by atoms with Gasteiger partial charge in [0.15, 0.2) is 0 Å². The molecule has 0 amide bonds. The zero-order valence-corrected chi connectivity index (χ0v) is 12.1. The molecule has 102 valence electrons. The molecule has 3 atom stereocenters. The van der Waals surface area contributed by atoms with Crippen LogP contribution in [0.25, 0.3) is 0 Å². The number of rotatable bonds is 7. The van der Waals surface area contributed by atoms with E-state index in [0.29, 0.717) is 12.0 Å². The average molecular weight is 249 g/mol. The minimum absolute atomic E-state index is 0.204. The number of benzene rings is 1. The quantitative estimate of drug-likeness (QED) is 0.779. The maximum absolute atomic E-state index is 9.42. The van der Waals surface area contributed by atoms with Gasteiger partial charge in [0, 0.05) is 12.1 Å². The van der Waals surface area contributed by atoms with Gasteiger partial charge in [-0.2, -0.15) is 0 Å². The van der Waals surface area contributed by atoms with E-state index in [-0.39, 0.29) is 12.6 Å². The van der Waals surface area contributed by atoms with Crippen molar-refractivity contribution in [3.63, 3.8) is 0 Å². The predicted molar refractivity (Wildman–Crippen MR) is 77.8 cm³/mol. The van der Waals surface area contributed by atoms with E-state index in [9.17, 15) is 5.11 Å². The fourth-order valence-electron chi connectivity index (χ4n) is 2.18. The molecular weight excluding hydrogens is 222 g/mol. The number of nitrogens with one attached hydrogen (secondary N) is 1. The van der Waals surface area contributed by atoms with E-state index in [1.807, 2.05) is 0 Å². The van der Waals surface area contributed by atoms with E-state index >= 15 is 0 Å². The molecule has 0 bridgehead atoms. The second-order valence-corrected chi connectivity index (χ2v) is 5.43. The molecule has 2 N–H and O–H groups in total. The zero-order chi connectivity index (χ0) is 13.5. The number of aliphatic hydroxyl groups excluding tert-OH is 1. The lowest BCUT2D eigenvalue weighted by Gasteiger charge is -2.26. The van der Waals surface area contributed by atoms with Gasteiger partial charge >= 0.3 is 0 Å². The molecule has 0 fully saturated rings. The molecule has 0 spiro atoms. The molecule has 0 radical (unpaired) electrons. The minimum atomic E-state index is 0.204. The van der Waals surface area contributed by atoms with Crippen LogP contribution >= 0.6 is 0 Å². The van der Waals surface area contributed by atoms with Crippen molar-refractivity contribution in [1.29, 1.82) is 0 Å². The first-order valence-electron chi connectivity index (χ1n) is 6.99. The number of aliphatic hydroxyl groups is 1. The third-order valence-corrected chi connectivity index (χ3v) is 3.69. The summed E-state index contributed by atoms with van der Waals surface area (Å²) in [4.78, 5) is 0. The van der Waals surface area contributed by atoms with Gasteiger partial charge in [-0.15, -0.1) is 0 Å². The molecule has 0 saturated carbocycles. The summed E-state index contributed by atoms with van der Waals surface area (Å²) >= 11 is 0. The van der Waals surface area contributed by atoms with Crippen LogP contribution in [0.4, 0.5) is 0 Å². The standard InChI is InChI=1S/C16H27NO/c1-5-13(3)16(11-18)17-14(4)10-15-8-6-12(2)7-9-15/h6-9,13-14,16-18H,5,10-11H2,1-4H3/t13-,14?,16+/m0/s1. The van der Waals surface area contributed by atoms with Crippen LogP contribution < -0.4 is 5.32 Å². The SMILES string of the molecule is CC[C@H](C)[C@@H](CO)NC(C)Cc1ccc(C)cc1. The van der Waals surface area contributed by atoms with Gasteiger partial charge in [0.25, 0.3) is 0 Å². The van der Waals surface area contributed by atoms with Crippen LogP contribution in [-0.2, 0) is 6.42 Å². The molecule has 1 unspecified atom stereocenters. The first-order valence-corrected chi connectivity index (χ1v) is 6.99. The average Bonchev–Trinajstić information content (AvgIpc) is 2.37. The van der Waals surface area contributed by atoms with E-state index in [4.69, 9.17) is 0 Å². The largest absolute Gasteiger partial charge is 0.395 e. The lowest BCUT2D eigenvalue weighted by Crippen LogP contribution is -2.43. The summed E-state index contributed by atoms with van der Waals surface area (Å²) in [7, 11) is 0. The molecule has 2 heteroatoms. The molecule has 0 aromatic heterocycles. The minimum Gasteiger partial charge on any atom is -0.395 e. The van der Waals surface area contributed by atoms with E-state index in [2.05, 4.69) is 57.3 Å². The van der Waals surface area contributed by atoms with Crippen molar-refractivity contribution >= 4 is 0 Å². The molecule has 0 aliphatic rings. The Morgan fingerprint density at radius 3 is 2.28 bits per heavy atom. The third-order valence-electron chi connectivity index (χ3n) is 3.69. The smallest absolute Gasteiger partial charge is 0.0587 e. The molecule has 2 nitrogen and oxygen atoms in total. The normalized spacial score (nSPS) is 16.3. The van der Waals surface area contributed by atoms with Gasteiger partial charge in [-0.05, 0) is 31.7 Å². The van der Waals surface area contributed by atoms with E-state index < -0.39 is 0 Å². The second-order valence-electron chi connectivity index (χ2n) is 5.43. The topological polar surface area (TPSA) is 32.3 Å². The van der Waals surface area contributed by atoms with Crippen molar-refractivity contribution in [3.8, 4) is 0 Å². The zero-order valence-electron chi connectivity index (χ0n) is 12.1. The third kappa shape index (κ3) is 4.79. The van der Waals surface area contributed by atoms with Crippen molar-refractivity contribution in [2.24, 2.45) is 5.92 Å². The van der Waals surface area contributed by atoms with E-state index in [0.717, 1.165) is 12.8 Å². The molecule has 1 aromatic carbocycles. The fraction of sp³-hybridized carbons (Fsp3) is 0.625. The van der Waals surface area contributed by atoms with Crippen LogP contribution in [-0.4, -0.2) is 23.8 Å². The molecule has 0 saturated heterocycles. The van der Waals surface area contributed by atoms with Crippen LogP contribution in [0.15, 0.2) is 24.3 Å². The van der Waals surface area contributed by atoms with Crippen LogP contribution in [0.2, 0.25) is 0 Å². The van der Waals surface area contributed by atoms with Crippen molar-refractivity contribution < 1.29 is 5.11 Å². The predicted octanol–water partition coefficient (Wildman–Crippen LogP) is 2.92. The van der Waals surface area contributed by atoms with Crippen LogP contribution in [0, 0.1) is 12.8 Å². The number of aryl methyl sites for hydroxylation is 1. The van der Waals surface area contributed by atoms with Crippen molar-refractivity contribution in [3.05, 3.63) is 35.4 Å². The van der Waals surface area contributed by atoms with Crippen molar-refractivity contribution in [2.75, 3.05) is 6.61 Å². The van der Waals surface area contributed by atoms with Gasteiger partial charge < -0.3 is 10.4 Å². The first-order chi connectivity index (χ1) is 8.56. The Morgan fingerprint density at radius 1 is 1.17 bits per heavy atom. The molecule has 1 aromatic rings. The Bertz CT molecular complexity index is 333. The summed E-state index contributed by atoms with van der Waals surface area (Å²) < 4.78 is 0. The number of hydrogen-bond donors (Lipinski definition) is 2. The molecule has 1 rings (SSSR count).